The number of hydrogen-bond acceptors (Lipinski definition) is 5. The number of aromatic nitrogens is 1. The number of hydrogen-bond donors (Lipinski definition) is 1. The van der Waals surface area contributed by atoms with Crippen LogP contribution < -0.4 is 4.74 Å². The van der Waals surface area contributed by atoms with Gasteiger partial charge < -0.3 is 9.84 Å². The molecule has 1 aliphatic rings. The Hall–Kier alpha value is -2.20. The van der Waals surface area contributed by atoms with E-state index in [4.69, 9.17) is 16.3 Å². The van der Waals surface area contributed by atoms with E-state index in [-0.39, 0.29) is 5.15 Å². The monoisotopic (exact) mass is 403 g/mol. The van der Waals surface area contributed by atoms with Gasteiger partial charge in [0.1, 0.15) is 16.5 Å². The molecule has 2 aromatic rings. The number of rotatable bonds is 3. The second kappa shape index (κ2) is 8.22. The molecule has 0 saturated carbocycles. The molecule has 1 aromatic carbocycles. The number of carbonyl (C=O) groups excluding carboxylic acids is 1. The van der Waals surface area contributed by atoms with Gasteiger partial charge in [0.15, 0.2) is 6.29 Å². The van der Waals surface area contributed by atoms with Crippen LogP contribution in [-0.2, 0) is 10.8 Å². The van der Waals surface area contributed by atoms with Gasteiger partial charge in [0.05, 0.1) is 13.3 Å². The zero-order valence-corrected chi connectivity index (χ0v) is 16.3. The number of pyridine rings is 1. The Labute approximate surface area is 165 Å². The number of halogens is 1. The van der Waals surface area contributed by atoms with Gasteiger partial charge in [0, 0.05) is 39.0 Å². The van der Waals surface area contributed by atoms with Crippen molar-refractivity contribution in [3.05, 3.63) is 46.7 Å². The van der Waals surface area contributed by atoms with Crippen molar-refractivity contribution in [2.45, 2.75) is 18.4 Å². The molecular formula is C20H18ClNO4S. The van der Waals surface area contributed by atoms with Gasteiger partial charge in [0.2, 0.25) is 0 Å². The third-order valence-electron chi connectivity index (χ3n) is 4.45. The van der Waals surface area contributed by atoms with E-state index in [1.54, 1.807) is 24.3 Å². The van der Waals surface area contributed by atoms with Crippen LogP contribution in [0.15, 0.2) is 30.5 Å². The molecule has 1 N–H and O–H groups in total. The average molecular weight is 404 g/mol. The summed E-state index contributed by atoms with van der Waals surface area (Å²) in [5.41, 5.74) is 1.23. The maximum absolute atomic E-state index is 11.5. The number of methoxy groups -OCH3 is 1. The largest absolute Gasteiger partial charge is 0.494 e. The first-order valence-electron chi connectivity index (χ1n) is 8.34. The number of aldehydes is 1. The molecule has 2 heterocycles. The van der Waals surface area contributed by atoms with Crippen molar-refractivity contribution in [3.63, 3.8) is 0 Å². The van der Waals surface area contributed by atoms with E-state index in [1.807, 2.05) is 0 Å². The summed E-state index contributed by atoms with van der Waals surface area (Å²) in [6, 6.07) is 6.78. The summed E-state index contributed by atoms with van der Waals surface area (Å²) in [6.45, 7) is 0. The zero-order valence-electron chi connectivity index (χ0n) is 14.7. The van der Waals surface area contributed by atoms with Crippen LogP contribution in [0.2, 0.25) is 5.15 Å². The van der Waals surface area contributed by atoms with Crippen molar-refractivity contribution in [3.8, 4) is 28.7 Å². The maximum Gasteiger partial charge on any atom is 0.150 e. The van der Waals surface area contributed by atoms with Gasteiger partial charge in [-0.25, -0.2) is 4.98 Å². The van der Waals surface area contributed by atoms with Gasteiger partial charge in [-0.2, -0.15) is 0 Å². The molecule has 1 aromatic heterocycles. The zero-order chi connectivity index (χ0) is 19.4. The van der Waals surface area contributed by atoms with Crippen LogP contribution in [0.3, 0.4) is 0 Å². The molecule has 5 nitrogen and oxygen atoms in total. The Morgan fingerprint density at radius 2 is 2.04 bits per heavy atom. The lowest BCUT2D eigenvalue weighted by Crippen LogP contribution is -2.35. The number of ether oxygens (including phenoxy) is 1. The number of benzene rings is 1. The fraction of sp³-hybridized carbons (Fsp3) is 0.300. The fourth-order valence-corrected chi connectivity index (χ4v) is 4.36. The van der Waals surface area contributed by atoms with Crippen LogP contribution in [0.5, 0.6) is 5.75 Å². The number of aliphatic hydroxyl groups is 1. The van der Waals surface area contributed by atoms with E-state index < -0.39 is 16.4 Å². The lowest BCUT2D eigenvalue weighted by molar-refractivity contribution is 0.0917. The lowest BCUT2D eigenvalue weighted by Gasteiger charge is -2.26. The molecule has 0 atom stereocenters. The van der Waals surface area contributed by atoms with Crippen molar-refractivity contribution >= 4 is 28.7 Å². The highest BCUT2D eigenvalue weighted by Gasteiger charge is 2.29. The molecule has 1 fully saturated rings. The molecule has 1 saturated heterocycles. The Balaban J connectivity index is 2.01. The average Bonchev–Trinajstić information content (AvgIpc) is 2.69. The van der Waals surface area contributed by atoms with Crippen molar-refractivity contribution in [2.75, 3.05) is 18.6 Å². The minimum absolute atomic E-state index is 0.281. The van der Waals surface area contributed by atoms with Gasteiger partial charge in [0.25, 0.3) is 0 Å². The van der Waals surface area contributed by atoms with E-state index in [0.717, 1.165) is 6.29 Å². The van der Waals surface area contributed by atoms with Crippen molar-refractivity contribution < 1.29 is 18.8 Å². The van der Waals surface area contributed by atoms with Gasteiger partial charge in [-0.1, -0.05) is 23.4 Å². The first-order chi connectivity index (χ1) is 12.9. The van der Waals surface area contributed by atoms with E-state index in [9.17, 15) is 14.1 Å². The molecule has 0 unspecified atom stereocenters. The molecule has 0 spiro atoms. The fourth-order valence-electron chi connectivity index (χ4n) is 2.87. The van der Waals surface area contributed by atoms with E-state index in [1.165, 1.54) is 13.3 Å². The lowest BCUT2D eigenvalue weighted by atomic mass is 9.95. The van der Waals surface area contributed by atoms with Gasteiger partial charge in [-0.15, -0.1) is 0 Å². The summed E-state index contributed by atoms with van der Waals surface area (Å²) in [7, 11) is 0.642. The van der Waals surface area contributed by atoms with Gasteiger partial charge >= 0.3 is 0 Å². The standard InChI is InChI=1S/C20H18ClNO4S/c1-26-18-12-22-19(21)11-17(18)16-10-14(2-3-15(16)13-23)4-5-20(24)6-8-27(25)9-7-20/h2-3,10-13,24H,6-9H2,1H3. The molecule has 0 bridgehead atoms. The highest BCUT2D eigenvalue weighted by molar-refractivity contribution is 7.85. The van der Waals surface area contributed by atoms with Crippen LogP contribution in [-0.4, -0.2) is 44.8 Å². The second-order valence-electron chi connectivity index (χ2n) is 6.26. The Kier molecular flexibility index (Phi) is 5.95. The molecular weight excluding hydrogens is 386 g/mol. The maximum atomic E-state index is 11.5. The number of carbonyl (C=O) groups is 1. The predicted molar refractivity (Wildman–Crippen MR) is 106 cm³/mol. The third-order valence-corrected chi connectivity index (χ3v) is 5.98. The van der Waals surface area contributed by atoms with Crippen molar-refractivity contribution in [2.24, 2.45) is 0 Å². The molecule has 1 aliphatic heterocycles. The minimum Gasteiger partial charge on any atom is -0.494 e. The normalized spacial score (nSPS) is 21.8. The smallest absolute Gasteiger partial charge is 0.150 e. The van der Waals surface area contributed by atoms with Crippen LogP contribution in [0.25, 0.3) is 11.1 Å². The third kappa shape index (κ3) is 4.56. The molecule has 3 rings (SSSR count). The van der Waals surface area contributed by atoms with Crippen LogP contribution >= 0.6 is 11.6 Å². The SMILES string of the molecule is COc1cnc(Cl)cc1-c1cc(C#CC2(O)CCS(=O)CC2)ccc1C=O. The van der Waals surface area contributed by atoms with Crippen molar-refractivity contribution in [1.29, 1.82) is 0 Å². The second-order valence-corrected chi connectivity index (χ2v) is 8.34. The molecule has 27 heavy (non-hydrogen) atoms. The van der Waals surface area contributed by atoms with E-state index in [0.29, 0.717) is 52.4 Å². The van der Waals surface area contributed by atoms with Crippen LogP contribution in [0.1, 0.15) is 28.8 Å². The number of nitrogens with zero attached hydrogens (tertiary/aromatic N) is 1. The summed E-state index contributed by atoms with van der Waals surface area (Å²) in [5, 5.41) is 10.8. The van der Waals surface area contributed by atoms with Gasteiger partial charge in [-0.3, -0.25) is 9.00 Å². The highest BCUT2D eigenvalue weighted by Crippen LogP contribution is 2.33. The van der Waals surface area contributed by atoms with Crippen LogP contribution in [0.4, 0.5) is 0 Å². The topological polar surface area (TPSA) is 76.5 Å². The van der Waals surface area contributed by atoms with Crippen LogP contribution in [0, 0.1) is 11.8 Å². The Bertz CT molecular complexity index is 954. The van der Waals surface area contributed by atoms with Crippen molar-refractivity contribution in [1.82, 2.24) is 4.98 Å². The quantitative estimate of drug-likeness (QED) is 0.484. The summed E-state index contributed by atoms with van der Waals surface area (Å²) in [4.78, 5) is 15.5. The summed E-state index contributed by atoms with van der Waals surface area (Å²) < 4.78 is 16.8. The first-order valence-corrected chi connectivity index (χ1v) is 10.2. The molecule has 0 aliphatic carbocycles. The Morgan fingerprint density at radius 1 is 1.30 bits per heavy atom. The minimum atomic E-state index is -1.13. The summed E-state index contributed by atoms with van der Waals surface area (Å²) in [6.07, 6.45) is 3.03. The summed E-state index contributed by atoms with van der Waals surface area (Å²) in [5.74, 6) is 7.27. The Morgan fingerprint density at radius 3 is 2.70 bits per heavy atom. The summed E-state index contributed by atoms with van der Waals surface area (Å²) >= 11 is 6.01. The highest BCUT2D eigenvalue weighted by atomic mass is 35.5. The predicted octanol–water partition coefficient (Wildman–Crippen LogP) is 2.85. The first kappa shape index (κ1) is 19.6. The molecule has 0 amide bonds. The van der Waals surface area contributed by atoms with E-state index in [2.05, 4.69) is 16.8 Å². The molecule has 7 heteroatoms. The molecule has 0 radical (unpaired) electrons. The molecule has 140 valence electrons. The van der Waals surface area contributed by atoms with Gasteiger partial charge in [-0.05, 0) is 42.7 Å². The van der Waals surface area contributed by atoms with E-state index >= 15 is 0 Å².